The lowest BCUT2D eigenvalue weighted by Crippen LogP contribution is -2.00. The third kappa shape index (κ3) is 4.22. The zero-order valence-electron chi connectivity index (χ0n) is 25.6. The van der Waals surface area contributed by atoms with Gasteiger partial charge in [-0.05, 0) is 58.3 Å². The van der Waals surface area contributed by atoms with E-state index in [2.05, 4.69) is 78.9 Å². The first-order chi connectivity index (χ1) is 23.8. The van der Waals surface area contributed by atoms with Gasteiger partial charge in [0.05, 0.1) is 0 Å². The second-order valence-electron chi connectivity index (χ2n) is 12.0. The number of fused-ring (bicyclic) bond motifs is 7. The fourth-order valence-corrected chi connectivity index (χ4v) is 6.85. The molecule has 7 aromatic carbocycles. The Morgan fingerprint density at radius 1 is 0.333 bits per heavy atom. The number of para-hydroxylation sites is 2. The number of benzene rings is 7. The van der Waals surface area contributed by atoms with Crippen molar-refractivity contribution in [2.45, 2.75) is 0 Å². The van der Waals surface area contributed by atoms with E-state index < -0.39 is 0 Å². The lowest BCUT2D eigenvalue weighted by atomic mass is 9.97. The molecular formula is C43H25N3O2. The fourth-order valence-electron chi connectivity index (χ4n) is 6.85. The van der Waals surface area contributed by atoms with E-state index in [-0.39, 0.29) is 0 Å². The molecule has 0 spiro atoms. The number of hydrogen-bond donors (Lipinski definition) is 0. The molecule has 0 unspecified atom stereocenters. The molecule has 3 aromatic heterocycles. The van der Waals surface area contributed by atoms with E-state index in [0.29, 0.717) is 17.5 Å². The SMILES string of the molecule is c1ccc(-c2nc(-c3cccc4ccc(-c5ccc6oc7ccccc7c6c5)cc34)nc(-c3cccc4oc5ccccc5c34)n2)cc1. The molecule has 0 N–H and O–H groups in total. The molecule has 5 nitrogen and oxygen atoms in total. The van der Waals surface area contributed by atoms with Gasteiger partial charge in [0, 0.05) is 38.2 Å². The van der Waals surface area contributed by atoms with E-state index in [9.17, 15) is 0 Å². The summed E-state index contributed by atoms with van der Waals surface area (Å²) < 4.78 is 12.3. The van der Waals surface area contributed by atoms with Crippen molar-refractivity contribution >= 4 is 54.6 Å². The first-order valence-corrected chi connectivity index (χ1v) is 15.9. The maximum absolute atomic E-state index is 6.23. The Kier molecular flexibility index (Phi) is 5.81. The van der Waals surface area contributed by atoms with Crippen molar-refractivity contribution in [2.75, 3.05) is 0 Å². The number of aromatic nitrogens is 3. The standard InChI is InChI=1S/C43H25N3O2/c1-2-10-27(11-3-1)41-44-42(46-43(45-41)33-16-9-19-39-40(33)32-14-5-7-18-37(32)48-39)31-15-8-12-26-20-21-28(24-34(26)31)29-22-23-38-35(25-29)30-13-4-6-17-36(30)47-38/h1-25H. The molecule has 0 bridgehead atoms. The van der Waals surface area contributed by atoms with Crippen LogP contribution in [0.4, 0.5) is 0 Å². The van der Waals surface area contributed by atoms with Crippen molar-refractivity contribution in [3.8, 4) is 45.3 Å². The molecule has 0 aliphatic carbocycles. The Bertz CT molecular complexity index is 2850. The molecule has 0 radical (unpaired) electrons. The monoisotopic (exact) mass is 615 g/mol. The van der Waals surface area contributed by atoms with Crippen LogP contribution < -0.4 is 0 Å². The van der Waals surface area contributed by atoms with E-state index in [4.69, 9.17) is 23.8 Å². The largest absolute Gasteiger partial charge is 0.456 e. The van der Waals surface area contributed by atoms with Gasteiger partial charge in [-0.25, -0.2) is 15.0 Å². The molecule has 10 aromatic rings. The van der Waals surface area contributed by atoms with Crippen molar-refractivity contribution in [3.63, 3.8) is 0 Å². The molecule has 224 valence electrons. The van der Waals surface area contributed by atoms with Gasteiger partial charge in [0.1, 0.15) is 22.3 Å². The van der Waals surface area contributed by atoms with Crippen LogP contribution in [0.3, 0.4) is 0 Å². The quantitative estimate of drug-likeness (QED) is 0.197. The minimum Gasteiger partial charge on any atom is -0.456 e. The van der Waals surface area contributed by atoms with Crippen LogP contribution in [0.5, 0.6) is 0 Å². The molecule has 0 fully saturated rings. The number of rotatable bonds is 4. The van der Waals surface area contributed by atoms with Crippen molar-refractivity contribution in [1.82, 2.24) is 15.0 Å². The normalized spacial score (nSPS) is 11.8. The number of nitrogens with zero attached hydrogens (tertiary/aromatic N) is 3. The summed E-state index contributed by atoms with van der Waals surface area (Å²) in [7, 11) is 0. The molecule has 0 aliphatic heterocycles. The van der Waals surface area contributed by atoms with E-state index in [0.717, 1.165) is 82.5 Å². The van der Waals surface area contributed by atoms with Crippen molar-refractivity contribution < 1.29 is 8.83 Å². The van der Waals surface area contributed by atoms with Gasteiger partial charge in [-0.3, -0.25) is 0 Å². The lowest BCUT2D eigenvalue weighted by molar-refractivity contribution is 0.668. The topological polar surface area (TPSA) is 65.0 Å². The maximum atomic E-state index is 6.23. The highest BCUT2D eigenvalue weighted by Gasteiger charge is 2.19. The van der Waals surface area contributed by atoms with Gasteiger partial charge in [0.25, 0.3) is 0 Å². The van der Waals surface area contributed by atoms with E-state index in [1.165, 1.54) is 0 Å². The van der Waals surface area contributed by atoms with Crippen molar-refractivity contribution in [1.29, 1.82) is 0 Å². The van der Waals surface area contributed by atoms with Crippen LogP contribution in [0.2, 0.25) is 0 Å². The fraction of sp³-hybridized carbons (Fsp3) is 0. The summed E-state index contributed by atoms with van der Waals surface area (Å²) in [5.41, 5.74) is 8.40. The predicted molar refractivity (Wildman–Crippen MR) is 194 cm³/mol. The van der Waals surface area contributed by atoms with Crippen LogP contribution in [0.25, 0.3) is 99.9 Å². The molecule has 3 heterocycles. The number of furan rings is 2. The Morgan fingerprint density at radius 3 is 1.77 bits per heavy atom. The van der Waals surface area contributed by atoms with Gasteiger partial charge in [-0.2, -0.15) is 0 Å². The van der Waals surface area contributed by atoms with Crippen LogP contribution in [-0.2, 0) is 0 Å². The summed E-state index contributed by atoms with van der Waals surface area (Å²) >= 11 is 0. The average Bonchev–Trinajstić information content (AvgIpc) is 3.73. The van der Waals surface area contributed by atoms with Gasteiger partial charge in [-0.15, -0.1) is 0 Å². The highest BCUT2D eigenvalue weighted by atomic mass is 16.3. The summed E-state index contributed by atoms with van der Waals surface area (Å²) in [6.45, 7) is 0. The minimum absolute atomic E-state index is 0.599. The van der Waals surface area contributed by atoms with E-state index in [1.807, 2.05) is 72.8 Å². The lowest BCUT2D eigenvalue weighted by Gasteiger charge is -2.12. The molecule has 48 heavy (non-hydrogen) atoms. The van der Waals surface area contributed by atoms with Crippen LogP contribution in [-0.4, -0.2) is 15.0 Å². The maximum Gasteiger partial charge on any atom is 0.164 e. The zero-order valence-corrected chi connectivity index (χ0v) is 25.6. The molecule has 0 aliphatic rings. The van der Waals surface area contributed by atoms with Crippen LogP contribution in [0, 0.1) is 0 Å². The molecule has 0 saturated heterocycles. The second kappa shape index (κ2) is 10.5. The smallest absolute Gasteiger partial charge is 0.164 e. The van der Waals surface area contributed by atoms with E-state index in [1.54, 1.807) is 0 Å². The van der Waals surface area contributed by atoms with Gasteiger partial charge in [0.2, 0.25) is 0 Å². The molecule has 10 rings (SSSR count). The van der Waals surface area contributed by atoms with Crippen molar-refractivity contribution in [2.24, 2.45) is 0 Å². The van der Waals surface area contributed by atoms with Crippen LogP contribution >= 0.6 is 0 Å². The highest BCUT2D eigenvalue weighted by molar-refractivity contribution is 6.12. The Balaban J connectivity index is 1.19. The molecule has 0 saturated carbocycles. The minimum atomic E-state index is 0.599. The first-order valence-electron chi connectivity index (χ1n) is 15.9. The summed E-state index contributed by atoms with van der Waals surface area (Å²) in [4.78, 5) is 15.3. The molecule has 0 atom stereocenters. The summed E-state index contributed by atoms with van der Waals surface area (Å²) in [6.07, 6.45) is 0. The zero-order chi connectivity index (χ0) is 31.6. The summed E-state index contributed by atoms with van der Waals surface area (Å²) in [5, 5.41) is 6.41. The third-order valence-corrected chi connectivity index (χ3v) is 9.14. The Morgan fingerprint density at radius 2 is 0.917 bits per heavy atom. The van der Waals surface area contributed by atoms with Crippen LogP contribution in [0.1, 0.15) is 0 Å². The molecular weight excluding hydrogens is 590 g/mol. The number of hydrogen-bond acceptors (Lipinski definition) is 5. The Labute approximate surface area is 274 Å². The molecule has 5 heteroatoms. The van der Waals surface area contributed by atoms with Gasteiger partial charge in [-0.1, -0.05) is 115 Å². The van der Waals surface area contributed by atoms with Gasteiger partial charge >= 0.3 is 0 Å². The third-order valence-electron chi connectivity index (χ3n) is 9.14. The van der Waals surface area contributed by atoms with Crippen LogP contribution in [0.15, 0.2) is 160 Å². The van der Waals surface area contributed by atoms with Gasteiger partial charge < -0.3 is 8.83 Å². The predicted octanol–water partition coefficient (Wildman–Crippen LogP) is 11.5. The highest BCUT2D eigenvalue weighted by Crippen LogP contribution is 2.38. The molecule has 0 amide bonds. The summed E-state index contributed by atoms with van der Waals surface area (Å²) in [5.74, 6) is 1.83. The van der Waals surface area contributed by atoms with E-state index >= 15 is 0 Å². The van der Waals surface area contributed by atoms with Crippen molar-refractivity contribution in [3.05, 3.63) is 152 Å². The Hall–Kier alpha value is -6.59. The average molecular weight is 616 g/mol. The van der Waals surface area contributed by atoms with Gasteiger partial charge in [0.15, 0.2) is 17.5 Å². The second-order valence-corrected chi connectivity index (χ2v) is 12.0. The first kappa shape index (κ1) is 26.6. The summed E-state index contributed by atoms with van der Waals surface area (Å²) in [6, 6.07) is 51.7.